The minimum Gasteiger partial charge on any atom is -0.478 e. The summed E-state index contributed by atoms with van der Waals surface area (Å²) in [5.41, 5.74) is 2.94. The number of carboxylic acid groups (broad SMARTS) is 1. The molecule has 0 aliphatic heterocycles. The number of thiophene rings is 1. The number of anilines is 1. The first kappa shape index (κ1) is 18.4. The Labute approximate surface area is 159 Å². The van der Waals surface area contributed by atoms with E-state index in [-0.39, 0.29) is 0 Å². The molecule has 134 valence electrons. The van der Waals surface area contributed by atoms with Gasteiger partial charge in [-0.15, -0.1) is 11.3 Å². The van der Waals surface area contributed by atoms with Gasteiger partial charge in [-0.2, -0.15) is 0 Å². The van der Waals surface area contributed by atoms with Crippen LogP contribution >= 0.6 is 11.3 Å². The molecule has 26 heavy (non-hydrogen) atoms. The molecule has 1 aromatic heterocycles. The van der Waals surface area contributed by atoms with E-state index in [4.69, 9.17) is 0 Å². The minimum absolute atomic E-state index is 0.329. The van der Waals surface area contributed by atoms with Gasteiger partial charge in [-0.3, -0.25) is 0 Å². The molecule has 0 bridgehead atoms. The predicted octanol–water partition coefficient (Wildman–Crippen LogP) is 4.67. The van der Waals surface area contributed by atoms with Crippen LogP contribution in [0.3, 0.4) is 0 Å². The van der Waals surface area contributed by atoms with E-state index in [0.29, 0.717) is 18.4 Å². The SMILES string of the molecule is Cc1ccc(S(=O)Nc2ccccc2CCc2ccccc2C(=O)O)s1. The summed E-state index contributed by atoms with van der Waals surface area (Å²) in [6.07, 6.45) is 1.26. The zero-order valence-corrected chi connectivity index (χ0v) is 15.9. The van der Waals surface area contributed by atoms with Crippen molar-refractivity contribution in [3.8, 4) is 0 Å². The molecule has 3 rings (SSSR count). The third-order valence-corrected chi connectivity index (χ3v) is 6.44. The maximum Gasteiger partial charge on any atom is 0.335 e. The lowest BCUT2D eigenvalue weighted by atomic mass is 9.99. The molecule has 1 unspecified atom stereocenters. The fraction of sp³-hybridized carbons (Fsp3) is 0.150. The Bertz CT molecular complexity index is 949. The summed E-state index contributed by atoms with van der Waals surface area (Å²) in [5, 5.41) is 9.31. The topological polar surface area (TPSA) is 66.4 Å². The summed E-state index contributed by atoms with van der Waals surface area (Å²) in [6, 6.07) is 18.6. The van der Waals surface area contributed by atoms with Gasteiger partial charge in [0.05, 0.1) is 5.56 Å². The van der Waals surface area contributed by atoms with Gasteiger partial charge in [0.25, 0.3) is 0 Å². The number of hydrogen-bond acceptors (Lipinski definition) is 3. The summed E-state index contributed by atoms with van der Waals surface area (Å²) in [4.78, 5) is 12.5. The van der Waals surface area contributed by atoms with E-state index < -0.39 is 17.0 Å². The van der Waals surface area contributed by atoms with E-state index in [2.05, 4.69) is 4.72 Å². The molecule has 6 heteroatoms. The average molecular weight is 386 g/mol. The smallest absolute Gasteiger partial charge is 0.335 e. The van der Waals surface area contributed by atoms with Crippen LogP contribution in [0.4, 0.5) is 5.69 Å². The number of aryl methyl sites for hydroxylation is 3. The number of carbonyl (C=O) groups is 1. The van der Waals surface area contributed by atoms with E-state index >= 15 is 0 Å². The van der Waals surface area contributed by atoms with Gasteiger partial charge in [-0.25, -0.2) is 9.00 Å². The molecule has 1 heterocycles. The van der Waals surface area contributed by atoms with Crippen molar-refractivity contribution in [3.63, 3.8) is 0 Å². The molecule has 3 aromatic rings. The van der Waals surface area contributed by atoms with Crippen LogP contribution in [0.15, 0.2) is 64.9 Å². The van der Waals surface area contributed by atoms with Gasteiger partial charge in [0.15, 0.2) is 11.0 Å². The number of rotatable bonds is 7. The van der Waals surface area contributed by atoms with Gasteiger partial charge < -0.3 is 9.83 Å². The molecule has 0 spiro atoms. The van der Waals surface area contributed by atoms with Crippen molar-refractivity contribution < 1.29 is 14.1 Å². The Morgan fingerprint density at radius 3 is 2.35 bits per heavy atom. The van der Waals surface area contributed by atoms with E-state index in [1.54, 1.807) is 12.1 Å². The largest absolute Gasteiger partial charge is 0.478 e. The van der Waals surface area contributed by atoms with Crippen LogP contribution in [0.5, 0.6) is 0 Å². The van der Waals surface area contributed by atoms with Crippen molar-refractivity contribution in [3.05, 3.63) is 82.2 Å². The first-order chi connectivity index (χ1) is 12.5. The Kier molecular flexibility index (Phi) is 5.85. The molecular weight excluding hydrogens is 366 g/mol. The third-order valence-electron chi connectivity index (χ3n) is 4.03. The van der Waals surface area contributed by atoms with Crippen LogP contribution in [0.25, 0.3) is 0 Å². The lowest BCUT2D eigenvalue weighted by Crippen LogP contribution is -2.07. The highest BCUT2D eigenvalue weighted by atomic mass is 32.2. The quantitative estimate of drug-likeness (QED) is 0.621. The second-order valence-electron chi connectivity index (χ2n) is 5.86. The maximum atomic E-state index is 12.5. The zero-order chi connectivity index (χ0) is 18.5. The third kappa shape index (κ3) is 4.39. The average Bonchev–Trinajstić information content (AvgIpc) is 3.08. The minimum atomic E-state index is -1.31. The zero-order valence-electron chi connectivity index (χ0n) is 14.3. The Balaban J connectivity index is 1.76. The molecule has 0 fully saturated rings. The highest BCUT2D eigenvalue weighted by molar-refractivity contribution is 7.88. The molecule has 2 aromatic carbocycles. The van der Waals surface area contributed by atoms with Crippen LogP contribution < -0.4 is 4.72 Å². The fourth-order valence-electron chi connectivity index (χ4n) is 2.72. The lowest BCUT2D eigenvalue weighted by Gasteiger charge is -2.12. The van der Waals surface area contributed by atoms with Crippen molar-refractivity contribution in [2.75, 3.05) is 4.72 Å². The summed E-state index contributed by atoms with van der Waals surface area (Å²) in [7, 11) is -1.31. The van der Waals surface area contributed by atoms with Crippen molar-refractivity contribution in [2.24, 2.45) is 0 Å². The van der Waals surface area contributed by atoms with Crippen LogP contribution in [0, 0.1) is 6.92 Å². The van der Waals surface area contributed by atoms with Crippen LogP contribution in [0.2, 0.25) is 0 Å². The standard InChI is InChI=1S/C20H19NO3S2/c1-14-10-13-19(25-14)26(24)21-18-9-5-3-7-16(18)12-11-15-6-2-4-8-17(15)20(22)23/h2-10,13,21H,11-12H2,1H3,(H,22,23). The number of nitrogens with one attached hydrogen (secondary N) is 1. The van der Waals surface area contributed by atoms with Crippen LogP contribution in [0.1, 0.15) is 26.4 Å². The predicted molar refractivity (Wildman–Crippen MR) is 106 cm³/mol. The number of hydrogen-bond donors (Lipinski definition) is 2. The van der Waals surface area contributed by atoms with E-state index in [1.165, 1.54) is 11.3 Å². The molecule has 0 amide bonds. The van der Waals surface area contributed by atoms with Gasteiger partial charge in [0.1, 0.15) is 4.21 Å². The second kappa shape index (κ2) is 8.29. The van der Waals surface area contributed by atoms with Crippen molar-refractivity contribution in [1.29, 1.82) is 0 Å². The Morgan fingerprint density at radius 1 is 1.00 bits per heavy atom. The highest BCUT2D eigenvalue weighted by Crippen LogP contribution is 2.24. The molecule has 0 radical (unpaired) electrons. The summed E-state index contributed by atoms with van der Waals surface area (Å²) in [6.45, 7) is 1.99. The lowest BCUT2D eigenvalue weighted by molar-refractivity contribution is 0.0695. The number of aromatic carboxylic acids is 1. The molecular formula is C20H19NO3S2. The highest BCUT2D eigenvalue weighted by Gasteiger charge is 2.12. The summed E-state index contributed by atoms with van der Waals surface area (Å²) < 4.78 is 16.4. The monoisotopic (exact) mass is 385 g/mol. The number of para-hydroxylation sites is 1. The van der Waals surface area contributed by atoms with Gasteiger partial charge in [0, 0.05) is 10.6 Å². The normalized spacial score (nSPS) is 11.9. The molecule has 0 saturated heterocycles. The van der Waals surface area contributed by atoms with Crippen LogP contribution in [-0.4, -0.2) is 15.3 Å². The molecule has 1 atom stereocenters. The maximum absolute atomic E-state index is 12.5. The van der Waals surface area contributed by atoms with Gasteiger partial charge in [0.2, 0.25) is 0 Å². The second-order valence-corrected chi connectivity index (χ2v) is 8.58. The Hall–Kier alpha value is -2.44. The van der Waals surface area contributed by atoms with E-state index in [0.717, 1.165) is 25.9 Å². The molecule has 2 N–H and O–H groups in total. The van der Waals surface area contributed by atoms with Crippen molar-refractivity contribution >= 4 is 34.0 Å². The van der Waals surface area contributed by atoms with E-state index in [1.807, 2.05) is 55.5 Å². The molecule has 0 aliphatic rings. The number of carboxylic acids is 1. The van der Waals surface area contributed by atoms with Crippen molar-refractivity contribution in [2.45, 2.75) is 24.0 Å². The fourth-order valence-corrected chi connectivity index (χ4v) is 4.82. The van der Waals surface area contributed by atoms with Crippen LogP contribution in [-0.2, 0) is 23.8 Å². The van der Waals surface area contributed by atoms with Crippen molar-refractivity contribution in [1.82, 2.24) is 0 Å². The molecule has 0 saturated carbocycles. The Morgan fingerprint density at radius 2 is 1.65 bits per heavy atom. The van der Waals surface area contributed by atoms with E-state index in [9.17, 15) is 14.1 Å². The first-order valence-corrected chi connectivity index (χ1v) is 10.1. The summed E-state index contributed by atoms with van der Waals surface area (Å²) >= 11 is 1.51. The van der Waals surface area contributed by atoms with Gasteiger partial charge in [-0.1, -0.05) is 36.4 Å². The van der Waals surface area contributed by atoms with Gasteiger partial charge in [-0.05, 0) is 55.2 Å². The first-order valence-electron chi connectivity index (χ1n) is 8.18. The number of benzene rings is 2. The molecule has 0 aliphatic carbocycles. The molecule has 4 nitrogen and oxygen atoms in total. The summed E-state index contributed by atoms with van der Waals surface area (Å²) in [5.74, 6) is -0.916. The van der Waals surface area contributed by atoms with Gasteiger partial charge >= 0.3 is 5.97 Å².